The van der Waals surface area contributed by atoms with E-state index in [0.717, 1.165) is 0 Å². The smallest absolute Gasteiger partial charge is 0.328 e. The number of aliphatic carboxylic acids is 1. The van der Waals surface area contributed by atoms with Crippen molar-refractivity contribution in [2.75, 3.05) is 0 Å². The van der Waals surface area contributed by atoms with E-state index in [1.54, 1.807) is 5.32 Å². The van der Waals surface area contributed by atoms with E-state index >= 15 is 0 Å². The van der Waals surface area contributed by atoms with Gasteiger partial charge in [-0.15, -0.1) is 0 Å². The van der Waals surface area contributed by atoms with Gasteiger partial charge in [0.25, 0.3) is 5.91 Å². The summed E-state index contributed by atoms with van der Waals surface area (Å²) in [4.78, 5) is 30.2. The van der Waals surface area contributed by atoms with Crippen molar-refractivity contribution in [2.45, 2.75) is 0 Å². The maximum Gasteiger partial charge on any atom is 0.328 e. The van der Waals surface area contributed by atoms with E-state index in [-0.39, 0.29) is 0 Å². The molecule has 0 rings (SSSR count). The van der Waals surface area contributed by atoms with Gasteiger partial charge in [0, 0.05) is 12.2 Å². The molecule has 0 heterocycles. The Morgan fingerprint density at radius 3 is 2.18 bits per heavy atom. The molecule has 0 unspecified atom stereocenters. The standard InChI is InChI=1S/C5H6N2O4/c6-5(11)7-3(8)1-2-4(9)10/h1-2H,(H,9,10)(H3,6,7,8,11)/b2-1-. The lowest BCUT2D eigenvalue weighted by molar-refractivity contribution is -0.131. The average Bonchev–Trinajstić information content (AvgIpc) is 1.82. The Morgan fingerprint density at radius 2 is 1.82 bits per heavy atom. The van der Waals surface area contributed by atoms with E-state index in [4.69, 9.17) is 5.11 Å². The summed E-state index contributed by atoms with van der Waals surface area (Å²) < 4.78 is 0. The molecule has 0 atom stereocenters. The Kier molecular flexibility index (Phi) is 3.36. The Balaban J connectivity index is 3.88. The lowest BCUT2D eigenvalue weighted by Gasteiger charge is -1.91. The molecular weight excluding hydrogens is 152 g/mol. The Labute approximate surface area is 61.7 Å². The molecule has 0 aliphatic heterocycles. The van der Waals surface area contributed by atoms with Crippen LogP contribution in [0.4, 0.5) is 4.79 Å². The van der Waals surface area contributed by atoms with Crippen LogP contribution < -0.4 is 11.1 Å². The average molecular weight is 158 g/mol. The number of carbonyl (C=O) groups is 3. The fourth-order valence-electron chi connectivity index (χ4n) is 0.310. The van der Waals surface area contributed by atoms with Crippen molar-refractivity contribution >= 4 is 17.9 Å². The Bertz CT molecular complexity index is 221. The van der Waals surface area contributed by atoms with Crippen LogP contribution in [0.15, 0.2) is 12.2 Å². The number of hydrogen-bond acceptors (Lipinski definition) is 3. The van der Waals surface area contributed by atoms with Crippen LogP contribution in [0.2, 0.25) is 0 Å². The highest BCUT2D eigenvalue weighted by atomic mass is 16.4. The second-order valence-corrected chi connectivity index (χ2v) is 1.53. The fourth-order valence-corrected chi connectivity index (χ4v) is 0.310. The lowest BCUT2D eigenvalue weighted by Crippen LogP contribution is -2.33. The Hall–Kier alpha value is -1.85. The van der Waals surface area contributed by atoms with E-state index in [1.807, 2.05) is 0 Å². The van der Waals surface area contributed by atoms with Crippen LogP contribution in [0.1, 0.15) is 0 Å². The summed E-state index contributed by atoms with van der Waals surface area (Å²) in [6.07, 6.45) is 1.28. The van der Waals surface area contributed by atoms with Crippen molar-refractivity contribution in [1.29, 1.82) is 0 Å². The number of rotatable bonds is 2. The number of carbonyl (C=O) groups excluding carboxylic acids is 2. The summed E-state index contributed by atoms with van der Waals surface area (Å²) in [5.74, 6) is -2.13. The first-order valence-corrected chi connectivity index (χ1v) is 2.54. The van der Waals surface area contributed by atoms with E-state index in [0.29, 0.717) is 12.2 Å². The van der Waals surface area contributed by atoms with Crippen molar-refractivity contribution in [3.8, 4) is 0 Å². The van der Waals surface area contributed by atoms with Crippen LogP contribution in [0.5, 0.6) is 0 Å². The molecule has 6 nitrogen and oxygen atoms in total. The van der Waals surface area contributed by atoms with Gasteiger partial charge in [-0.2, -0.15) is 0 Å². The molecule has 60 valence electrons. The van der Waals surface area contributed by atoms with Gasteiger partial charge in [0.15, 0.2) is 0 Å². The van der Waals surface area contributed by atoms with Gasteiger partial charge >= 0.3 is 12.0 Å². The third kappa shape index (κ3) is 6.03. The quantitative estimate of drug-likeness (QED) is 0.439. The van der Waals surface area contributed by atoms with Gasteiger partial charge in [-0.1, -0.05) is 0 Å². The number of amides is 3. The third-order valence-electron chi connectivity index (χ3n) is 0.624. The van der Waals surface area contributed by atoms with Crippen LogP contribution in [0.25, 0.3) is 0 Å². The zero-order valence-electron chi connectivity index (χ0n) is 5.40. The number of carboxylic acids is 1. The highest BCUT2D eigenvalue weighted by Gasteiger charge is 1.98. The minimum atomic E-state index is -1.27. The molecule has 11 heavy (non-hydrogen) atoms. The molecule has 0 saturated heterocycles. The first-order chi connectivity index (χ1) is 5.02. The largest absolute Gasteiger partial charge is 0.478 e. The van der Waals surface area contributed by atoms with Crippen molar-refractivity contribution in [1.82, 2.24) is 5.32 Å². The second-order valence-electron chi connectivity index (χ2n) is 1.53. The van der Waals surface area contributed by atoms with Crippen molar-refractivity contribution < 1.29 is 19.5 Å². The topological polar surface area (TPSA) is 109 Å². The van der Waals surface area contributed by atoms with E-state index in [1.165, 1.54) is 0 Å². The molecule has 0 fully saturated rings. The van der Waals surface area contributed by atoms with Gasteiger partial charge in [-0.05, 0) is 0 Å². The molecule has 0 aromatic rings. The predicted molar refractivity (Wildman–Crippen MR) is 34.5 cm³/mol. The monoisotopic (exact) mass is 158 g/mol. The van der Waals surface area contributed by atoms with E-state index in [9.17, 15) is 14.4 Å². The van der Waals surface area contributed by atoms with Gasteiger partial charge in [0.05, 0.1) is 0 Å². The lowest BCUT2D eigenvalue weighted by atomic mass is 10.5. The number of imide groups is 1. The summed E-state index contributed by atoms with van der Waals surface area (Å²) in [5, 5.41) is 9.66. The number of urea groups is 1. The highest BCUT2D eigenvalue weighted by molar-refractivity contribution is 6.02. The molecule has 4 N–H and O–H groups in total. The van der Waals surface area contributed by atoms with Crippen molar-refractivity contribution in [3.63, 3.8) is 0 Å². The molecule has 0 radical (unpaired) electrons. The molecule has 3 amide bonds. The van der Waals surface area contributed by atoms with Crippen LogP contribution in [-0.4, -0.2) is 23.0 Å². The van der Waals surface area contributed by atoms with Crippen molar-refractivity contribution in [3.05, 3.63) is 12.2 Å². The summed E-state index contributed by atoms with van der Waals surface area (Å²) in [6, 6.07) is -1.02. The van der Waals surface area contributed by atoms with Gasteiger partial charge in [-0.25, -0.2) is 9.59 Å². The number of primary amides is 1. The van der Waals surface area contributed by atoms with E-state index in [2.05, 4.69) is 5.73 Å². The molecule has 0 bridgehead atoms. The van der Waals surface area contributed by atoms with Gasteiger partial charge < -0.3 is 10.8 Å². The zero-order valence-corrected chi connectivity index (χ0v) is 5.40. The van der Waals surface area contributed by atoms with Crippen LogP contribution >= 0.6 is 0 Å². The van der Waals surface area contributed by atoms with Crippen molar-refractivity contribution in [2.24, 2.45) is 5.73 Å². The van der Waals surface area contributed by atoms with Gasteiger partial charge in [0.1, 0.15) is 0 Å². The molecule has 0 aromatic carbocycles. The van der Waals surface area contributed by atoms with E-state index < -0.39 is 17.9 Å². The molecule has 0 saturated carbocycles. The normalized spacial score (nSPS) is 9.45. The molecule has 0 aliphatic rings. The minimum absolute atomic E-state index is 0.596. The molecular formula is C5H6N2O4. The molecule has 0 aromatic heterocycles. The fraction of sp³-hybridized carbons (Fsp3) is 0. The summed E-state index contributed by atoms with van der Waals surface area (Å²) in [6.45, 7) is 0. The van der Waals surface area contributed by atoms with Gasteiger partial charge in [-0.3, -0.25) is 10.1 Å². The first kappa shape index (κ1) is 9.15. The Morgan fingerprint density at radius 1 is 1.27 bits per heavy atom. The van der Waals surface area contributed by atoms with Gasteiger partial charge in [0.2, 0.25) is 0 Å². The molecule has 0 spiro atoms. The van der Waals surface area contributed by atoms with Crippen LogP contribution in [0, 0.1) is 0 Å². The number of carboxylic acid groups (broad SMARTS) is 1. The minimum Gasteiger partial charge on any atom is -0.478 e. The molecule has 6 heteroatoms. The highest BCUT2D eigenvalue weighted by Crippen LogP contribution is 1.72. The maximum absolute atomic E-state index is 10.4. The third-order valence-corrected chi connectivity index (χ3v) is 0.624. The van der Waals surface area contributed by atoms with Crippen LogP contribution in [0.3, 0.4) is 0 Å². The summed E-state index contributed by atoms with van der Waals surface area (Å²) in [5.41, 5.74) is 4.55. The number of nitrogens with one attached hydrogen (secondary N) is 1. The SMILES string of the molecule is NC(=O)NC(=O)/C=C\C(=O)O. The summed E-state index contributed by atoms with van der Waals surface area (Å²) in [7, 11) is 0. The van der Waals surface area contributed by atoms with Crippen LogP contribution in [-0.2, 0) is 9.59 Å². The predicted octanol–water partition coefficient (Wildman–Crippen LogP) is -1.18. The second kappa shape index (κ2) is 4.04. The number of nitrogens with two attached hydrogens (primary N) is 1. The summed E-state index contributed by atoms with van der Waals surface area (Å²) >= 11 is 0. The maximum atomic E-state index is 10.4. The first-order valence-electron chi connectivity index (χ1n) is 2.54. The molecule has 0 aliphatic carbocycles. The number of hydrogen-bond donors (Lipinski definition) is 3. The zero-order chi connectivity index (χ0) is 8.85.